The molecule has 10 aromatic rings. The van der Waals surface area contributed by atoms with Gasteiger partial charge in [-0.25, -0.2) is 19.9 Å². The number of imidazole rings is 1. The van der Waals surface area contributed by atoms with Crippen LogP contribution in [0.15, 0.2) is 182 Å². The smallest absolute Gasteiger partial charge is 0.299 e. The van der Waals surface area contributed by atoms with Crippen molar-refractivity contribution in [2.24, 2.45) is 0 Å². The molecule has 11 rings (SSSR count). The number of allylic oxidation sites excluding steroid dienone is 2. The topological polar surface area (TPSA) is 70.1 Å². The van der Waals surface area contributed by atoms with Crippen LogP contribution in [0.5, 0.6) is 0 Å². The Balaban J connectivity index is 1.12. The second-order valence-corrected chi connectivity index (χ2v) is 14.0. The summed E-state index contributed by atoms with van der Waals surface area (Å²) < 4.78 is 6.79. The average molecular weight is 716 g/mol. The Hall–Kier alpha value is -7.79. The lowest BCUT2D eigenvalue weighted by molar-refractivity contribution is 1.07. The molecule has 0 fully saturated rings. The van der Waals surface area contributed by atoms with Crippen molar-refractivity contribution in [3.05, 3.63) is 188 Å². The minimum atomic E-state index is 0.603. The second kappa shape index (κ2) is 13.0. The van der Waals surface area contributed by atoms with Crippen molar-refractivity contribution in [3.63, 3.8) is 0 Å². The zero-order valence-electron chi connectivity index (χ0n) is 30.1. The van der Waals surface area contributed by atoms with Crippen molar-refractivity contribution < 1.29 is 0 Å². The van der Waals surface area contributed by atoms with Gasteiger partial charge in [0.1, 0.15) is 5.65 Å². The first kappa shape index (κ1) is 31.7. The summed E-state index contributed by atoms with van der Waals surface area (Å²) in [5, 5.41) is 4.37. The highest BCUT2D eigenvalue weighted by Crippen LogP contribution is 2.38. The van der Waals surface area contributed by atoms with Crippen LogP contribution in [-0.4, -0.2) is 36.3 Å². The predicted molar refractivity (Wildman–Crippen MR) is 230 cm³/mol. The summed E-state index contributed by atoms with van der Waals surface area (Å²) in [6, 6.07) is 56.9. The molecule has 0 atom stereocenters. The van der Waals surface area contributed by atoms with Crippen molar-refractivity contribution >= 4 is 50.2 Å². The van der Waals surface area contributed by atoms with Crippen LogP contribution in [0.25, 0.3) is 94.6 Å². The molecule has 0 amide bonds. The Kier molecular flexibility index (Phi) is 7.34. The molecular weight excluding hydrogens is 685 g/mol. The van der Waals surface area contributed by atoms with E-state index in [1.54, 1.807) is 0 Å². The third-order valence-electron chi connectivity index (χ3n) is 10.6. The quantitative estimate of drug-likeness (QED) is 0.127. The third kappa shape index (κ3) is 5.40. The number of rotatable bonds is 6. The van der Waals surface area contributed by atoms with Gasteiger partial charge in [0.05, 0.1) is 16.6 Å². The van der Waals surface area contributed by atoms with Crippen LogP contribution in [-0.2, 0) is 0 Å². The lowest BCUT2D eigenvalue weighted by atomic mass is 9.95. The number of nitrogens with zero attached hydrogens (tertiary/aromatic N) is 6. The zero-order valence-corrected chi connectivity index (χ0v) is 30.1. The van der Waals surface area contributed by atoms with E-state index in [2.05, 4.69) is 161 Å². The summed E-state index contributed by atoms with van der Waals surface area (Å²) in [5.41, 5.74) is 12.3. The van der Waals surface area contributed by atoms with Crippen molar-refractivity contribution in [1.82, 2.24) is 29.0 Å². The van der Waals surface area contributed by atoms with Crippen molar-refractivity contribution in [3.8, 4) is 56.4 Å². The van der Waals surface area contributed by atoms with E-state index in [4.69, 9.17) is 19.9 Å². The molecule has 0 saturated carbocycles. The number of fused-ring (bicyclic) bond motifs is 8. The number of benzene rings is 7. The van der Waals surface area contributed by atoms with Crippen LogP contribution in [0.3, 0.4) is 0 Å². The van der Waals surface area contributed by atoms with Gasteiger partial charge in [0.15, 0.2) is 17.5 Å². The second-order valence-electron chi connectivity index (χ2n) is 14.0. The number of pyridine rings is 1. The average Bonchev–Trinajstić information content (AvgIpc) is 3.96. The van der Waals surface area contributed by atoms with E-state index in [1.165, 1.54) is 0 Å². The SMILES string of the molecule is C1=CC(c2ccc3c(c2)c2cc(-c4nc(-c5ccc(-c6ccccc6)cc5)nc(-c5ccc(-c6ccccc6)cc5)n4)ccc2c2c3nc3ccccn32)=[N+]=C1. The highest BCUT2D eigenvalue weighted by atomic mass is 15.0. The summed E-state index contributed by atoms with van der Waals surface area (Å²) >= 11 is 0. The van der Waals surface area contributed by atoms with Gasteiger partial charge in [-0.2, -0.15) is 0 Å². The van der Waals surface area contributed by atoms with E-state index in [0.717, 1.165) is 88.4 Å². The van der Waals surface area contributed by atoms with Gasteiger partial charge < -0.3 is 0 Å². The van der Waals surface area contributed by atoms with Gasteiger partial charge in [-0.05, 0) is 63.4 Å². The maximum Gasteiger partial charge on any atom is 0.334 e. The molecule has 7 aromatic carbocycles. The van der Waals surface area contributed by atoms with Crippen LogP contribution in [0.4, 0.5) is 0 Å². The monoisotopic (exact) mass is 715 g/mol. The first-order valence-electron chi connectivity index (χ1n) is 18.7. The van der Waals surface area contributed by atoms with Gasteiger partial charge >= 0.3 is 5.71 Å². The maximum absolute atomic E-state index is 5.16. The van der Waals surface area contributed by atoms with Gasteiger partial charge in [0.25, 0.3) is 6.21 Å². The van der Waals surface area contributed by atoms with Crippen LogP contribution in [0.1, 0.15) is 5.56 Å². The van der Waals surface area contributed by atoms with E-state index in [1.807, 2.05) is 36.6 Å². The van der Waals surface area contributed by atoms with Gasteiger partial charge in [0.2, 0.25) is 0 Å². The van der Waals surface area contributed by atoms with E-state index in [9.17, 15) is 0 Å². The van der Waals surface area contributed by atoms with Gasteiger partial charge in [0, 0.05) is 45.8 Å². The first-order valence-corrected chi connectivity index (χ1v) is 18.7. The molecular formula is C50H31N6+. The first-order chi connectivity index (χ1) is 27.7. The number of aromatic nitrogens is 5. The van der Waals surface area contributed by atoms with Crippen molar-refractivity contribution in [2.75, 3.05) is 0 Å². The summed E-state index contributed by atoms with van der Waals surface area (Å²) in [4.78, 5) is 20.5. The molecule has 260 valence electrons. The van der Waals surface area contributed by atoms with Crippen LogP contribution in [0.2, 0.25) is 0 Å². The molecule has 1 aliphatic heterocycles. The Morgan fingerprint density at radius 3 is 1.52 bits per heavy atom. The molecule has 0 N–H and O–H groups in total. The molecule has 6 heteroatoms. The van der Waals surface area contributed by atoms with Gasteiger partial charge in [-0.15, -0.1) is 0 Å². The fraction of sp³-hybridized carbons (Fsp3) is 0. The summed E-state index contributed by atoms with van der Waals surface area (Å²) in [6.07, 6.45) is 7.94. The molecule has 6 nitrogen and oxygen atoms in total. The molecule has 0 radical (unpaired) electrons. The summed E-state index contributed by atoms with van der Waals surface area (Å²) in [7, 11) is 0. The molecule has 4 heterocycles. The fourth-order valence-electron chi connectivity index (χ4n) is 7.81. The molecule has 0 saturated heterocycles. The van der Waals surface area contributed by atoms with Crippen LogP contribution in [0, 0.1) is 0 Å². The minimum Gasteiger partial charge on any atom is -0.299 e. The molecule has 56 heavy (non-hydrogen) atoms. The molecule has 1 aliphatic rings. The normalized spacial score (nSPS) is 12.3. The molecule has 3 aromatic heterocycles. The standard InChI is InChI=1S/C50H31N6/c1-3-10-32(11-4-1)34-16-20-36(21-17-34)48-53-49(37-22-18-35(19-23-37)33-12-5-2-6-13-33)55-50(54-48)39-25-27-41-43(31-39)42-30-38(44-14-9-28-51-44)24-26-40(42)46-47(41)56-29-8-7-15-45(56)52-46/h1-31H/q+1. The Morgan fingerprint density at radius 2 is 0.893 bits per heavy atom. The maximum atomic E-state index is 5.16. The van der Waals surface area contributed by atoms with Crippen molar-refractivity contribution in [1.29, 1.82) is 0 Å². The highest BCUT2D eigenvalue weighted by Gasteiger charge is 2.20. The molecule has 0 unspecified atom stereocenters. The fourth-order valence-corrected chi connectivity index (χ4v) is 7.81. The minimum absolute atomic E-state index is 0.603. The number of hydrogen-bond donors (Lipinski definition) is 0. The van der Waals surface area contributed by atoms with E-state index in [-0.39, 0.29) is 0 Å². The lowest BCUT2D eigenvalue weighted by Gasteiger charge is -2.12. The third-order valence-corrected chi connectivity index (χ3v) is 10.6. The number of hydrogen-bond acceptors (Lipinski definition) is 4. The zero-order chi connectivity index (χ0) is 37.0. The Bertz CT molecular complexity index is 3150. The van der Waals surface area contributed by atoms with Gasteiger partial charge in [-0.3, -0.25) is 4.40 Å². The molecule has 0 aliphatic carbocycles. The van der Waals surface area contributed by atoms with E-state index >= 15 is 0 Å². The molecule has 0 bridgehead atoms. The van der Waals surface area contributed by atoms with Gasteiger partial charge in [-0.1, -0.05) is 138 Å². The van der Waals surface area contributed by atoms with Crippen LogP contribution < -0.4 is 4.67 Å². The highest BCUT2D eigenvalue weighted by molar-refractivity contribution is 6.26. The van der Waals surface area contributed by atoms with E-state index < -0.39 is 0 Å². The van der Waals surface area contributed by atoms with Crippen molar-refractivity contribution in [2.45, 2.75) is 0 Å². The van der Waals surface area contributed by atoms with E-state index in [0.29, 0.717) is 17.5 Å². The Morgan fingerprint density at radius 1 is 0.393 bits per heavy atom. The van der Waals surface area contributed by atoms with Crippen LogP contribution >= 0.6 is 0 Å². The summed E-state index contributed by atoms with van der Waals surface area (Å²) in [6.45, 7) is 0. The molecule has 0 spiro atoms. The predicted octanol–water partition coefficient (Wildman–Crippen LogP) is 10.8. The largest absolute Gasteiger partial charge is 0.334 e. The Labute approximate surface area is 322 Å². The summed E-state index contributed by atoms with van der Waals surface area (Å²) in [5.74, 6) is 1.83. The lowest BCUT2D eigenvalue weighted by Crippen LogP contribution is -2.00.